The van der Waals surface area contributed by atoms with Crippen LogP contribution >= 0.6 is 0 Å². The Morgan fingerprint density at radius 3 is 2.63 bits per heavy atom. The highest BCUT2D eigenvalue weighted by atomic mass is 19.1. The average Bonchev–Trinajstić information content (AvgIpc) is 3.26. The number of aromatic nitrogens is 2. The summed E-state index contributed by atoms with van der Waals surface area (Å²) in [7, 11) is 0. The van der Waals surface area contributed by atoms with Crippen LogP contribution in [0.25, 0.3) is 22.4 Å². The Balaban J connectivity index is 1.55. The number of carbonyl (C=O) groups is 1. The molecule has 27 heavy (non-hydrogen) atoms. The van der Waals surface area contributed by atoms with Crippen LogP contribution in [-0.2, 0) is 13.1 Å². The van der Waals surface area contributed by atoms with Gasteiger partial charge in [0.1, 0.15) is 11.6 Å². The lowest BCUT2D eigenvalue weighted by Gasteiger charge is -2.14. The van der Waals surface area contributed by atoms with Crippen LogP contribution in [0.1, 0.15) is 28.8 Å². The first-order valence-electron chi connectivity index (χ1n) is 9.49. The van der Waals surface area contributed by atoms with Crippen molar-refractivity contribution < 1.29 is 9.18 Å². The minimum atomic E-state index is -0.438. The van der Waals surface area contributed by atoms with Crippen molar-refractivity contribution in [3.63, 3.8) is 0 Å². The lowest BCUT2D eigenvalue weighted by atomic mass is 10.1. The third kappa shape index (κ3) is 2.90. The van der Waals surface area contributed by atoms with Gasteiger partial charge in [-0.1, -0.05) is 24.3 Å². The van der Waals surface area contributed by atoms with E-state index in [0.717, 1.165) is 17.9 Å². The molecule has 2 aliphatic rings. The van der Waals surface area contributed by atoms with E-state index < -0.39 is 5.82 Å². The number of amides is 1. The van der Waals surface area contributed by atoms with Crippen molar-refractivity contribution in [1.82, 2.24) is 19.8 Å². The van der Waals surface area contributed by atoms with Gasteiger partial charge in [0, 0.05) is 31.3 Å². The molecule has 1 N–H and O–H groups in total. The molecule has 3 heterocycles. The molecular formula is C21H21FN4O. The topological polar surface area (TPSA) is 50.2 Å². The van der Waals surface area contributed by atoms with Crippen LogP contribution in [-0.4, -0.2) is 40.0 Å². The highest BCUT2D eigenvalue weighted by Gasteiger charge is 2.23. The maximum absolute atomic E-state index is 14.0. The van der Waals surface area contributed by atoms with E-state index >= 15 is 0 Å². The highest BCUT2D eigenvalue weighted by Crippen LogP contribution is 2.29. The van der Waals surface area contributed by atoms with Gasteiger partial charge in [-0.15, -0.1) is 0 Å². The number of benzene rings is 2. The molecule has 0 bridgehead atoms. The minimum absolute atomic E-state index is 0.245. The zero-order valence-corrected chi connectivity index (χ0v) is 15.0. The summed E-state index contributed by atoms with van der Waals surface area (Å²) in [5, 5.41) is 2.83. The van der Waals surface area contributed by atoms with E-state index in [1.165, 1.54) is 43.6 Å². The molecule has 1 amide bonds. The van der Waals surface area contributed by atoms with Crippen LogP contribution in [0.4, 0.5) is 4.39 Å². The molecule has 5 nitrogen and oxygen atoms in total. The third-order valence-electron chi connectivity index (χ3n) is 5.49. The number of likely N-dealkylation sites (tertiary alicyclic amines) is 1. The van der Waals surface area contributed by atoms with Crippen molar-refractivity contribution in [2.45, 2.75) is 25.9 Å². The van der Waals surface area contributed by atoms with Crippen molar-refractivity contribution in [3.05, 3.63) is 53.3 Å². The molecular weight excluding hydrogens is 343 g/mol. The van der Waals surface area contributed by atoms with Gasteiger partial charge in [-0.2, -0.15) is 0 Å². The molecule has 0 atom stereocenters. The largest absolute Gasteiger partial charge is 0.350 e. The van der Waals surface area contributed by atoms with Crippen LogP contribution < -0.4 is 5.32 Å². The van der Waals surface area contributed by atoms with Crippen LogP contribution in [0.5, 0.6) is 0 Å². The smallest absolute Gasteiger partial charge is 0.253 e. The maximum Gasteiger partial charge on any atom is 0.253 e. The number of halogens is 1. The molecule has 1 saturated heterocycles. The van der Waals surface area contributed by atoms with Crippen molar-refractivity contribution in [3.8, 4) is 11.4 Å². The van der Waals surface area contributed by atoms with Gasteiger partial charge in [-0.3, -0.25) is 9.69 Å². The summed E-state index contributed by atoms with van der Waals surface area (Å²) in [5.41, 5.74) is 3.86. The molecule has 0 aliphatic carbocycles. The van der Waals surface area contributed by atoms with Gasteiger partial charge in [0.2, 0.25) is 0 Å². The molecule has 0 saturated carbocycles. The van der Waals surface area contributed by atoms with E-state index in [1.54, 1.807) is 0 Å². The number of rotatable bonds is 3. The van der Waals surface area contributed by atoms with E-state index in [4.69, 9.17) is 0 Å². The number of hydrogen-bond acceptors (Lipinski definition) is 3. The van der Waals surface area contributed by atoms with Crippen molar-refractivity contribution in [2.75, 3.05) is 19.6 Å². The maximum atomic E-state index is 14.0. The van der Waals surface area contributed by atoms with E-state index in [9.17, 15) is 9.18 Å². The van der Waals surface area contributed by atoms with Crippen LogP contribution in [0, 0.1) is 5.82 Å². The third-order valence-corrected chi connectivity index (χ3v) is 5.49. The lowest BCUT2D eigenvalue weighted by Crippen LogP contribution is -2.24. The van der Waals surface area contributed by atoms with Crippen molar-refractivity contribution in [2.24, 2.45) is 0 Å². The second-order valence-corrected chi connectivity index (χ2v) is 7.34. The fraction of sp³-hybridized carbons (Fsp3) is 0.333. The van der Waals surface area contributed by atoms with Crippen LogP contribution in [0.3, 0.4) is 0 Å². The van der Waals surface area contributed by atoms with E-state index in [0.29, 0.717) is 29.7 Å². The summed E-state index contributed by atoms with van der Waals surface area (Å²) in [4.78, 5) is 19.4. The summed E-state index contributed by atoms with van der Waals surface area (Å²) in [5.74, 6) is 0.0958. The number of nitrogens with one attached hydrogen (secondary N) is 1. The van der Waals surface area contributed by atoms with Gasteiger partial charge < -0.3 is 9.88 Å². The lowest BCUT2D eigenvalue weighted by molar-refractivity contribution is 0.0956. The number of imidazole rings is 1. The first-order chi connectivity index (χ1) is 13.2. The zero-order chi connectivity index (χ0) is 18.4. The summed E-state index contributed by atoms with van der Waals surface area (Å²) >= 11 is 0. The Morgan fingerprint density at radius 2 is 1.85 bits per heavy atom. The fourth-order valence-corrected chi connectivity index (χ4v) is 4.18. The zero-order valence-electron chi connectivity index (χ0n) is 15.0. The molecule has 2 aromatic carbocycles. The molecule has 0 radical (unpaired) electrons. The summed E-state index contributed by atoms with van der Waals surface area (Å²) in [6, 6.07) is 11.1. The van der Waals surface area contributed by atoms with Crippen molar-refractivity contribution >= 4 is 16.9 Å². The fourth-order valence-electron chi connectivity index (χ4n) is 4.18. The molecule has 0 spiro atoms. The Kier molecular flexibility index (Phi) is 3.93. The molecule has 6 heteroatoms. The van der Waals surface area contributed by atoms with Gasteiger partial charge >= 0.3 is 0 Å². The Labute approximate surface area is 156 Å². The Bertz CT molecular complexity index is 1020. The van der Waals surface area contributed by atoms with E-state index in [2.05, 4.69) is 39.5 Å². The Hall–Kier alpha value is -2.73. The molecule has 2 aliphatic heterocycles. The van der Waals surface area contributed by atoms with Gasteiger partial charge in [0.05, 0.1) is 16.6 Å². The number of nitrogens with zero attached hydrogens (tertiary/aromatic N) is 3. The van der Waals surface area contributed by atoms with Crippen LogP contribution in [0.2, 0.25) is 0 Å². The standard InChI is InChI=1S/C21H21FN4O/c22-16-11-17-19-18(12-16)24-20(26(19)10-7-23-21(17)27)15-5-3-14(4-6-15)13-25-8-1-2-9-25/h3-6,11-12H,1-2,7-10,13H2,(H,23,27). The quantitative estimate of drug-likeness (QED) is 0.777. The first-order valence-corrected chi connectivity index (χ1v) is 9.49. The normalized spacial score (nSPS) is 17.3. The second-order valence-electron chi connectivity index (χ2n) is 7.34. The SMILES string of the molecule is O=C1NCCn2c(-c3ccc(CN4CCCC4)cc3)nc3cc(F)cc1c32. The van der Waals surface area contributed by atoms with Gasteiger partial charge in [-0.25, -0.2) is 9.37 Å². The minimum Gasteiger partial charge on any atom is -0.350 e. The summed E-state index contributed by atoms with van der Waals surface area (Å²) in [6.07, 6.45) is 2.57. The van der Waals surface area contributed by atoms with Gasteiger partial charge in [0.25, 0.3) is 5.91 Å². The molecule has 0 unspecified atom stereocenters. The number of hydrogen-bond donors (Lipinski definition) is 1. The highest BCUT2D eigenvalue weighted by molar-refractivity contribution is 6.06. The predicted octanol–water partition coefficient (Wildman–Crippen LogP) is 3.18. The monoisotopic (exact) mass is 364 g/mol. The summed E-state index contributed by atoms with van der Waals surface area (Å²) < 4.78 is 16.0. The molecule has 1 aromatic heterocycles. The first kappa shape index (κ1) is 16.4. The average molecular weight is 364 g/mol. The predicted molar refractivity (Wildman–Crippen MR) is 102 cm³/mol. The Morgan fingerprint density at radius 1 is 1.07 bits per heavy atom. The second kappa shape index (κ2) is 6.46. The molecule has 5 rings (SSSR count). The van der Waals surface area contributed by atoms with Gasteiger partial charge in [0.15, 0.2) is 0 Å². The summed E-state index contributed by atoms with van der Waals surface area (Å²) in [6.45, 7) is 4.44. The number of carbonyl (C=O) groups excluding carboxylic acids is 1. The van der Waals surface area contributed by atoms with E-state index in [-0.39, 0.29) is 5.91 Å². The van der Waals surface area contributed by atoms with Gasteiger partial charge in [-0.05, 0) is 37.6 Å². The molecule has 138 valence electrons. The molecule has 3 aromatic rings. The van der Waals surface area contributed by atoms with Crippen LogP contribution in [0.15, 0.2) is 36.4 Å². The molecule has 1 fully saturated rings. The van der Waals surface area contributed by atoms with Crippen molar-refractivity contribution in [1.29, 1.82) is 0 Å². The van der Waals surface area contributed by atoms with E-state index in [1.807, 2.05) is 4.57 Å².